The van der Waals surface area contributed by atoms with Crippen molar-refractivity contribution in [3.05, 3.63) is 42.1 Å². The highest BCUT2D eigenvalue weighted by Gasteiger charge is 2.23. The summed E-state index contributed by atoms with van der Waals surface area (Å²) in [6.45, 7) is 5.32. The topological polar surface area (TPSA) is 35.0 Å². The van der Waals surface area contributed by atoms with Crippen LogP contribution in [0.25, 0.3) is 11.3 Å². The Bertz CT molecular complexity index is 703. The van der Waals surface area contributed by atoms with Crippen molar-refractivity contribution in [3.8, 4) is 17.0 Å². The molecule has 1 saturated carbocycles. The van der Waals surface area contributed by atoms with E-state index in [1.165, 1.54) is 76.3 Å². The Hall–Kier alpha value is -1.90. The lowest BCUT2D eigenvalue weighted by Gasteiger charge is -2.28. The first-order valence-corrected chi connectivity index (χ1v) is 12.4. The standard InChI is InChI=1S/C27H40N2O/c1-3-5-7-9-21-30-25-17-15-24(16-18-25)27-20-19-26(28-29-27)23-13-11-22(12-14-23)10-8-6-4-2/h15-20,22-23H,3-14,21H2,1-2H3/t22-,23-. The molecule has 0 spiro atoms. The van der Waals surface area contributed by atoms with Gasteiger partial charge in [-0.05, 0) is 74.4 Å². The first kappa shape index (κ1) is 22.8. The molecule has 1 fully saturated rings. The number of unbranched alkanes of at least 4 members (excludes halogenated alkanes) is 5. The summed E-state index contributed by atoms with van der Waals surface area (Å²) < 4.78 is 5.85. The summed E-state index contributed by atoms with van der Waals surface area (Å²) in [6, 6.07) is 12.6. The number of rotatable bonds is 12. The monoisotopic (exact) mass is 408 g/mol. The molecule has 1 aromatic heterocycles. The largest absolute Gasteiger partial charge is 0.494 e. The second kappa shape index (κ2) is 12.7. The molecule has 3 rings (SSSR count). The molecule has 0 atom stereocenters. The van der Waals surface area contributed by atoms with Gasteiger partial charge < -0.3 is 4.74 Å². The van der Waals surface area contributed by atoms with Gasteiger partial charge in [-0.3, -0.25) is 0 Å². The zero-order valence-corrected chi connectivity index (χ0v) is 19.1. The quantitative estimate of drug-likeness (QED) is 0.334. The van der Waals surface area contributed by atoms with Crippen LogP contribution in [-0.4, -0.2) is 16.8 Å². The van der Waals surface area contributed by atoms with E-state index in [9.17, 15) is 0 Å². The Balaban J connectivity index is 1.46. The molecule has 30 heavy (non-hydrogen) atoms. The van der Waals surface area contributed by atoms with E-state index in [2.05, 4.69) is 48.3 Å². The number of nitrogens with zero attached hydrogens (tertiary/aromatic N) is 2. The van der Waals surface area contributed by atoms with Gasteiger partial charge in [0.1, 0.15) is 5.75 Å². The van der Waals surface area contributed by atoms with Crippen LogP contribution >= 0.6 is 0 Å². The highest BCUT2D eigenvalue weighted by atomic mass is 16.5. The molecule has 0 saturated heterocycles. The summed E-state index contributed by atoms with van der Waals surface area (Å²) in [5.74, 6) is 2.47. The second-order valence-corrected chi connectivity index (χ2v) is 8.99. The van der Waals surface area contributed by atoms with Crippen molar-refractivity contribution >= 4 is 0 Å². The van der Waals surface area contributed by atoms with Crippen LogP contribution in [0.4, 0.5) is 0 Å². The fraction of sp³-hybridized carbons (Fsp3) is 0.630. The van der Waals surface area contributed by atoms with Crippen molar-refractivity contribution in [3.63, 3.8) is 0 Å². The van der Waals surface area contributed by atoms with Gasteiger partial charge >= 0.3 is 0 Å². The van der Waals surface area contributed by atoms with Crippen LogP contribution in [0.15, 0.2) is 36.4 Å². The molecule has 1 heterocycles. The van der Waals surface area contributed by atoms with Crippen molar-refractivity contribution in [1.82, 2.24) is 10.2 Å². The highest BCUT2D eigenvalue weighted by molar-refractivity contribution is 5.59. The minimum absolute atomic E-state index is 0.595. The number of benzene rings is 1. The van der Waals surface area contributed by atoms with Crippen molar-refractivity contribution in [2.45, 2.75) is 96.8 Å². The van der Waals surface area contributed by atoms with Crippen LogP contribution in [0, 0.1) is 5.92 Å². The average molecular weight is 409 g/mol. The van der Waals surface area contributed by atoms with Crippen molar-refractivity contribution in [2.24, 2.45) is 5.92 Å². The Kier molecular flexibility index (Phi) is 9.66. The molecular weight excluding hydrogens is 368 g/mol. The lowest BCUT2D eigenvalue weighted by Crippen LogP contribution is -2.14. The van der Waals surface area contributed by atoms with Gasteiger partial charge in [-0.1, -0.05) is 58.8 Å². The average Bonchev–Trinajstić information content (AvgIpc) is 2.80. The van der Waals surface area contributed by atoms with Crippen molar-refractivity contribution < 1.29 is 4.74 Å². The maximum atomic E-state index is 5.85. The number of hydrogen-bond acceptors (Lipinski definition) is 3. The van der Waals surface area contributed by atoms with E-state index in [4.69, 9.17) is 4.74 Å². The van der Waals surface area contributed by atoms with E-state index in [1.807, 2.05) is 12.1 Å². The molecule has 1 aliphatic carbocycles. The molecule has 1 aliphatic rings. The number of aromatic nitrogens is 2. The first-order chi connectivity index (χ1) is 14.8. The minimum atomic E-state index is 0.595. The Morgan fingerprint density at radius 3 is 2.17 bits per heavy atom. The first-order valence-electron chi connectivity index (χ1n) is 12.4. The van der Waals surface area contributed by atoms with Crippen LogP contribution < -0.4 is 4.74 Å². The summed E-state index contributed by atoms with van der Waals surface area (Å²) in [5.41, 5.74) is 3.23. The Labute approximate surface area is 183 Å². The second-order valence-electron chi connectivity index (χ2n) is 8.99. The third-order valence-electron chi connectivity index (χ3n) is 6.58. The predicted octanol–water partition coefficient (Wildman–Crippen LogP) is 7.96. The summed E-state index contributed by atoms with van der Waals surface area (Å²) in [6.07, 6.45) is 15.7. The summed E-state index contributed by atoms with van der Waals surface area (Å²) in [7, 11) is 0. The fourth-order valence-corrected chi connectivity index (χ4v) is 4.58. The lowest BCUT2D eigenvalue weighted by atomic mass is 9.78. The fourth-order valence-electron chi connectivity index (χ4n) is 4.58. The molecule has 0 aliphatic heterocycles. The van der Waals surface area contributed by atoms with E-state index in [0.717, 1.165) is 36.0 Å². The van der Waals surface area contributed by atoms with Crippen LogP contribution in [0.1, 0.15) is 103 Å². The van der Waals surface area contributed by atoms with Gasteiger partial charge in [0.2, 0.25) is 0 Å². The van der Waals surface area contributed by atoms with Gasteiger partial charge in [0.05, 0.1) is 18.0 Å². The van der Waals surface area contributed by atoms with Crippen LogP contribution in [0.3, 0.4) is 0 Å². The third kappa shape index (κ3) is 7.11. The van der Waals surface area contributed by atoms with Crippen molar-refractivity contribution in [1.29, 1.82) is 0 Å². The van der Waals surface area contributed by atoms with Crippen LogP contribution in [-0.2, 0) is 0 Å². The van der Waals surface area contributed by atoms with E-state index < -0.39 is 0 Å². The molecule has 0 bridgehead atoms. The van der Waals surface area contributed by atoms with E-state index in [1.54, 1.807) is 0 Å². The van der Waals surface area contributed by atoms with Gasteiger partial charge in [0, 0.05) is 11.5 Å². The molecule has 0 amide bonds. The molecule has 0 unspecified atom stereocenters. The molecule has 0 N–H and O–H groups in total. The van der Waals surface area contributed by atoms with Gasteiger partial charge in [-0.2, -0.15) is 10.2 Å². The number of ether oxygens (including phenoxy) is 1. The molecule has 3 nitrogen and oxygen atoms in total. The van der Waals surface area contributed by atoms with Crippen molar-refractivity contribution in [2.75, 3.05) is 6.61 Å². The summed E-state index contributed by atoms with van der Waals surface area (Å²) >= 11 is 0. The zero-order chi connectivity index (χ0) is 21.0. The SMILES string of the molecule is CCCCCCOc1ccc(-c2ccc([C@H]3CC[C@H](CCCCC)CC3)nn2)cc1. The molecule has 0 radical (unpaired) electrons. The van der Waals surface area contributed by atoms with E-state index >= 15 is 0 Å². The maximum Gasteiger partial charge on any atom is 0.119 e. The molecule has 2 aromatic rings. The van der Waals surface area contributed by atoms with Crippen LogP contribution in [0.2, 0.25) is 0 Å². The summed E-state index contributed by atoms with van der Waals surface area (Å²) in [4.78, 5) is 0. The van der Waals surface area contributed by atoms with E-state index in [0.29, 0.717) is 5.92 Å². The lowest BCUT2D eigenvalue weighted by molar-refractivity contribution is 0.299. The van der Waals surface area contributed by atoms with Gasteiger partial charge in [-0.25, -0.2) is 0 Å². The molecule has 1 aromatic carbocycles. The normalized spacial score (nSPS) is 19.0. The number of hydrogen-bond donors (Lipinski definition) is 0. The molecule has 164 valence electrons. The molecule has 3 heteroatoms. The molecular formula is C27H40N2O. The third-order valence-corrected chi connectivity index (χ3v) is 6.58. The Morgan fingerprint density at radius 2 is 1.50 bits per heavy atom. The van der Waals surface area contributed by atoms with Gasteiger partial charge in [0.25, 0.3) is 0 Å². The van der Waals surface area contributed by atoms with E-state index in [-0.39, 0.29) is 0 Å². The zero-order valence-electron chi connectivity index (χ0n) is 19.1. The van der Waals surface area contributed by atoms with Gasteiger partial charge in [-0.15, -0.1) is 0 Å². The van der Waals surface area contributed by atoms with Crippen LogP contribution in [0.5, 0.6) is 5.75 Å². The Morgan fingerprint density at radius 1 is 0.767 bits per heavy atom. The minimum Gasteiger partial charge on any atom is -0.494 e. The highest BCUT2D eigenvalue weighted by Crippen LogP contribution is 2.37. The smallest absolute Gasteiger partial charge is 0.119 e. The maximum absolute atomic E-state index is 5.85. The summed E-state index contributed by atoms with van der Waals surface area (Å²) in [5, 5.41) is 9.14. The van der Waals surface area contributed by atoms with Gasteiger partial charge in [0.15, 0.2) is 0 Å². The predicted molar refractivity (Wildman–Crippen MR) is 126 cm³/mol.